The Morgan fingerprint density at radius 3 is 1.23 bits per heavy atom. The minimum absolute atomic E-state index is 0. The molecule has 0 saturated carbocycles. The van der Waals surface area contributed by atoms with Crippen molar-refractivity contribution in [3.63, 3.8) is 0 Å². The van der Waals surface area contributed by atoms with Crippen molar-refractivity contribution in [1.29, 1.82) is 0 Å². The third-order valence-corrected chi connectivity index (χ3v) is 3.52. The van der Waals surface area contributed by atoms with E-state index in [9.17, 15) is 0 Å². The number of rotatable bonds is 0. The summed E-state index contributed by atoms with van der Waals surface area (Å²) in [5, 5.41) is 5.39. The number of hydrogen-bond acceptors (Lipinski definition) is 0. The molecular formula is C22H24Cl2SiZr-4. The van der Waals surface area contributed by atoms with E-state index >= 15 is 0 Å². The molecule has 0 saturated heterocycles. The third kappa shape index (κ3) is 8.35. The van der Waals surface area contributed by atoms with Gasteiger partial charge in [0.05, 0.1) is 0 Å². The van der Waals surface area contributed by atoms with E-state index < -0.39 is 0 Å². The van der Waals surface area contributed by atoms with E-state index in [2.05, 4.69) is 86.6 Å². The zero-order valence-corrected chi connectivity index (χ0v) is 20.7. The Bertz CT molecular complexity index is 711. The first-order valence-corrected chi connectivity index (χ1v) is 6.96. The molecule has 4 aromatic rings. The minimum Gasteiger partial charge on any atom is -1.00 e. The van der Waals surface area contributed by atoms with Gasteiger partial charge in [0, 0.05) is 11.0 Å². The molecule has 0 spiro atoms. The van der Waals surface area contributed by atoms with Gasteiger partial charge in [0.25, 0.3) is 0 Å². The van der Waals surface area contributed by atoms with Crippen LogP contribution in [-0.2, 0) is 26.2 Å². The molecule has 4 heteroatoms. The molecule has 0 N–H and O–H groups in total. The smallest absolute Gasteiger partial charge is 1.00 e. The topological polar surface area (TPSA) is 0 Å². The molecule has 4 aromatic carbocycles. The summed E-state index contributed by atoms with van der Waals surface area (Å²) in [5.74, 6) is 0. The summed E-state index contributed by atoms with van der Waals surface area (Å²) in [6, 6.07) is 25.7. The van der Waals surface area contributed by atoms with Crippen LogP contribution in [0.25, 0.3) is 21.5 Å². The summed E-state index contributed by atoms with van der Waals surface area (Å²) in [4.78, 5) is 0. The molecule has 4 rings (SSSR count). The second kappa shape index (κ2) is 15.4. The first-order valence-electron chi connectivity index (χ1n) is 6.96. The predicted octanol–water partition coefficient (Wildman–Crippen LogP) is 0.260. The Morgan fingerprint density at radius 2 is 0.923 bits per heavy atom. The fourth-order valence-electron chi connectivity index (χ4n) is 2.61. The quantitative estimate of drug-likeness (QED) is 0.251. The van der Waals surface area contributed by atoms with Crippen LogP contribution >= 0.6 is 0 Å². The first-order chi connectivity index (χ1) is 9.72. The van der Waals surface area contributed by atoms with Gasteiger partial charge in [-0.3, -0.25) is 0 Å². The molecule has 0 aliphatic heterocycles. The summed E-state index contributed by atoms with van der Waals surface area (Å²) in [7, 11) is 0. The monoisotopic (exact) mass is 476 g/mol. The van der Waals surface area contributed by atoms with Gasteiger partial charge in [-0.05, 0) is 0 Å². The van der Waals surface area contributed by atoms with Crippen LogP contribution < -0.4 is 24.8 Å². The van der Waals surface area contributed by atoms with Gasteiger partial charge in [-0.25, -0.2) is 0 Å². The molecule has 0 unspecified atom stereocenters. The predicted molar refractivity (Wildman–Crippen MR) is 107 cm³/mol. The van der Waals surface area contributed by atoms with Crippen molar-refractivity contribution < 1.29 is 51.0 Å². The molecule has 0 amide bonds. The second-order valence-corrected chi connectivity index (χ2v) is 5.32. The normalized spacial score (nSPS) is 8.08. The van der Waals surface area contributed by atoms with Crippen molar-refractivity contribution in [2.24, 2.45) is 0 Å². The van der Waals surface area contributed by atoms with Crippen LogP contribution in [0.3, 0.4) is 0 Å². The van der Waals surface area contributed by atoms with Crippen LogP contribution in [-0.4, -0.2) is 11.0 Å². The summed E-state index contributed by atoms with van der Waals surface area (Å²) in [5.41, 5.74) is 2.70. The van der Waals surface area contributed by atoms with Crippen LogP contribution in [0.4, 0.5) is 0 Å². The zero-order valence-electron chi connectivity index (χ0n) is 15.7. The summed E-state index contributed by atoms with van der Waals surface area (Å²) >= 11 is 0. The second-order valence-electron chi connectivity index (χ2n) is 5.32. The molecule has 0 aliphatic carbocycles. The van der Waals surface area contributed by atoms with Gasteiger partial charge in [-0.2, -0.15) is 12.1 Å². The van der Waals surface area contributed by atoms with E-state index in [1.807, 2.05) is 0 Å². The maximum atomic E-state index is 2.20. The summed E-state index contributed by atoms with van der Waals surface area (Å²) in [6.07, 6.45) is 0. The first kappa shape index (κ1) is 33.0. The van der Waals surface area contributed by atoms with Crippen LogP contribution in [0.2, 0.25) is 0 Å². The molecular weight excluding hydrogens is 454 g/mol. The number of aryl methyl sites for hydroxylation is 2. The van der Waals surface area contributed by atoms with Gasteiger partial charge in [-0.1, -0.05) is 26.0 Å². The zero-order chi connectivity index (χ0) is 13.9. The Hall–Kier alpha value is -0.660. The van der Waals surface area contributed by atoms with Crippen LogP contribution in [0, 0.1) is 28.7 Å². The molecule has 0 atom stereocenters. The van der Waals surface area contributed by atoms with Gasteiger partial charge in [0.15, 0.2) is 0 Å². The summed E-state index contributed by atoms with van der Waals surface area (Å²) in [6.45, 7) is 4.25. The standard InChI is InChI=1S/2C10H9.2CH3.2ClH.Si.Zr/c2*1-8-6-9-4-2-3-5-10(9)7-8;;;;;;/h2*2-7H,1H3;2*1H3;2*1H;;/q4*-1;;;;+2/p-2. The van der Waals surface area contributed by atoms with Crippen molar-refractivity contribution in [2.75, 3.05) is 0 Å². The molecule has 0 aliphatic rings. The van der Waals surface area contributed by atoms with Crippen LogP contribution in [0.1, 0.15) is 11.1 Å². The number of fused-ring (bicyclic) bond motifs is 2. The van der Waals surface area contributed by atoms with Crippen LogP contribution in [0.5, 0.6) is 0 Å². The van der Waals surface area contributed by atoms with Crippen molar-refractivity contribution in [3.8, 4) is 0 Å². The Balaban J connectivity index is -0.000000151. The number of hydrogen-bond donors (Lipinski definition) is 0. The Labute approximate surface area is 195 Å². The SMILES string of the molecule is Cc1cc2ccccc2[cH-]1.Cc1cc2ccccc2[cH-]1.[CH3-].[CH3-].[Cl-].[Cl-].[Si].[Zr+2]. The summed E-state index contributed by atoms with van der Waals surface area (Å²) < 4.78 is 0. The van der Waals surface area contributed by atoms with Crippen molar-refractivity contribution in [3.05, 3.63) is 98.8 Å². The fraction of sp³-hybridized carbons (Fsp3) is 0.0909. The number of halogens is 2. The average Bonchev–Trinajstić information content (AvgIpc) is 2.99. The molecule has 0 nitrogen and oxygen atoms in total. The van der Waals surface area contributed by atoms with E-state index in [0.29, 0.717) is 0 Å². The van der Waals surface area contributed by atoms with Gasteiger partial charge >= 0.3 is 26.2 Å². The largest absolute Gasteiger partial charge is 2.00 e. The van der Waals surface area contributed by atoms with E-state index in [1.165, 1.54) is 32.7 Å². The van der Waals surface area contributed by atoms with Gasteiger partial charge in [0.2, 0.25) is 0 Å². The fourth-order valence-corrected chi connectivity index (χ4v) is 2.61. The number of benzene rings is 2. The minimum atomic E-state index is 0. The van der Waals surface area contributed by atoms with E-state index in [4.69, 9.17) is 0 Å². The van der Waals surface area contributed by atoms with Crippen molar-refractivity contribution >= 4 is 32.5 Å². The average molecular weight is 479 g/mol. The molecule has 0 heterocycles. The van der Waals surface area contributed by atoms with Gasteiger partial charge < -0.3 is 39.7 Å². The van der Waals surface area contributed by atoms with E-state index in [-0.39, 0.29) is 76.8 Å². The molecule has 138 valence electrons. The van der Waals surface area contributed by atoms with Crippen LogP contribution in [0.15, 0.2) is 72.8 Å². The van der Waals surface area contributed by atoms with Crippen molar-refractivity contribution in [2.45, 2.75) is 13.8 Å². The van der Waals surface area contributed by atoms with Gasteiger partial charge in [0.1, 0.15) is 0 Å². The maximum Gasteiger partial charge on any atom is 2.00 e. The molecule has 0 aromatic heterocycles. The Kier molecular flexibility index (Phi) is 19.5. The van der Waals surface area contributed by atoms with E-state index in [0.717, 1.165) is 0 Å². The third-order valence-electron chi connectivity index (χ3n) is 3.52. The molecule has 0 fully saturated rings. The van der Waals surface area contributed by atoms with Gasteiger partial charge in [-0.15, -0.1) is 81.2 Å². The van der Waals surface area contributed by atoms with E-state index in [1.54, 1.807) is 0 Å². The maximum absolute atomic E-state index is 2.20. The van der Waals surface area contributed by atoms with Crippen molar-refractivity contribution in [1.82, 2.24) is 0 Å². The molecule has 0 bridgehead atoms. The Morgan fingerprint density at radius 1 is 0.615 bits per heavy atom. The molecule has 26 heavy (non-hydrogen) atoms. The molecule has 4 radical (unpaired) electrons.